The van der Waals surface area contributed by atoms with Crippen molar-refractivity contribution in [1.82, 2.24) is 9.80 Å². The average molecular weight is 385 g/mol. The van der Waals surface area contributed by atoms with Gasteiger partial charge in [0.1, 0.15) is 0 Å². The fraction of sp³-hybridized carbons (Fsp3) is 0.696. The molecule has 4 aliphatic rings. The molecule has 4 fully saturated rings. The highest BCUT2D eigenvalue weighted by Crippen LogP contribution is 2.44. The second kappa shape index (κ2) is 7.43. The van der Waals surface area contributed by atoms with Crippen LogP contribution in [0.2, 0.25) is 0 Å². The van der Waals surface area contributed by atoms with E-state index in [-0.39, 0.29) is 11.2 Å². The molecule has 2 spiro atoms. The molecule has 1 amide bonds. The Balaban J connectivity index is 1.16. The smallest absolute Gasteiger partial charge is 0.230 e. The standard InChI is InChI=1S/C23H32N2O3/c26-21-22(11-14-24(21)13-8-19-4-2-1-3-5-19)12-15-25(18-22)20-6-9-23(10-7-20)27-16-17-28-23/h1-5,20H,6-18H2. The number of rotatable bonds is 4. The third-order valence-electron chi connectivity index (χ3n) is 7.54. The van der Waals surface area contributed by atoms with Gasteiger partial charge in [-0.15, -0.1) is 0 Å². The van der Waals surface area contributed by atoms with Crippen LogP contribution in [-0.2, 0) is 20.7 Å². The van der Waals surface area contributed by atoms with Crippen molar-refractivity contribution in [1.29, 1.82) is 0 Å². The number of benzene rings is 1. The van der Waals surface area contributed by atoms with Crippen molar-refractivity contribution in [3.05, 3.63) is 35.9 Å². The summed E-state index contributed by atoms with van der Waals surface area (Å²) in [5.74, 6) is 0.117. The lowest BCUT2D eigenvalue weighted by atomic mass is 9.85. The number of carbonyl (C=O) groups is 1. The highest BCUT2D eigenvalue weighted by atomic mass is 16.7. The molecule has 5 nitrogen and oxygen atoms in total. The second-order valence-corrected chi connectivity index (χ2v) is 9.12. The van der Waals surface area contributed by atoms with Crippen LogP contribution in [0.1, 0.15) is 44.1 Å². The van der Waals surface area contributed by atoms with Gasteiger partial charge in [0, 0.05) is 38.5 Å². The van der Waals surface area contributed by atoms with Crippen LogP contribution in [-0.4, -0.2) is 66.9 Å². The number of ether oxygens (including phenoxy) is 2. The van der Waals surface area contributed by atoms with E-state index in [0.29, 0.717) is 11.9 Å². The van der Waals surface area contributed by atoms with Crippen LogP contribution in [0.4, 0.5) is 0 Å². The molecule has 0 N–H and O–H groups in total. The van der Waals surface area contributed by atoms with Gasteiger partial charge in [-0.2, -0.15) is 0 Å². The van der Waals surface area contributed by atoms with Gasteiger partial charge in [-0.3, -0.25) is 9.69 Å². The van der Waals surface area contributed by atoms with Crippen LogP contribution in [0.5, 0.6) is 0 Å². The Kier molecular flexibility index (Phi) is 4.93. The van der Waals surface area contributed by atoms with Crippen LogP contribution in [0, 0.1) is 5.41 Å². The van der Waals surface area contributed by atoms with Gasteiger partial charge in [0.25, 0.3) is 0 Å². The molecular formula is C23H32N2O3. The molecular weight excluding hydrogens is 352 g/mol. The van der Waals surface area contributed by atoms with Crippen molar-refractivity contribution in [2.75, 3.05) is 39.4 Å². The highest BCUT2D eigenvalue weighted by Gasteiger charge is 2.52. The van der Waals surface area contributed by atoms with Crippen LogP contribution in [0.3, 0.4) is 0 Å². The minimum Gasteiger partial charge on any atom is -0.348 e. The fourth-order valence-electron chi connectivity index (χ4n) is 5.80. The van der Waals surface area contributed by atoms with Gasteiger partial charge in [-0.05, 0) is 44.2 Å². The first-order valence-corrected chi connectivity index (χ1v) is 11.0. The van der Waals surface area contributed by atoms with E-state index in [4.69, 9.17) is 9.47 Å². The van der Waals surface area contributed by atoms with Crippen LogP contribution in [0.15, 0.2) is 30.3 Å². The zero-order valence-corrected chi connectivity index (χ0v) is 16.8. The van der Waals surface area contributed by atoms with Crippen molar-refractivity contribution < 1.29 is 14.3 Å². The molecule has 0 radical (unpaired) electrons. The summed E-state index contributed by atoms with van der Waals surface area (Å²) in [6.07, 6.45) is 7.26. The molecule has 3 saturated heterocycles. The Morgan fingerprint density at radius 1 is 0.964 bits per heavy atom. The molecule has 1 atom stereocenters. The summed E-state index contributed by atoms with van der Waals surface area (Å²) in [6, 6.07) is 11.1. The van der Waals surface area contributed by atoms with E-state index in [9.17, 15) is 4.79 Å². The summed E-state index contributed by atoms with van der Waals surface area (Å²) in [7, 11) is 0. The van der Waals surface area contributed by atoms with Crippen LogP contribution < -0.4 is 0 Å². The van der Waals surface area contributed by atoms with E-state index < -0.39 is 0 Å². The third-order valence-corrected chi connectivity index (χ3v) is 7.54. The number of carbonyl (C=O) groups excluding carboxylic acids is 1. The lowest BCUT2D eigenvalue weighted by molar-refractivity contribution is -0.183. The van der Waals surface area contributed by atoms with Crippen LogP contribution in [0.25, 0.3) is 0 Å². The molecule has 0 aromatic heterocycles. The van der Waals surface area contributed by atoms with E-state index >= 15 is 0 Å². The van der Waals surface area contributed by atoms with Gasteiger partial charge in [0.05, 0.1) is 18.6 Å². The van der Waals surface area contributed by atoms with Gasteiger partial charge < -0.3 is 14.4 Å². The van der Waals surface area contributed by atoms with Gasteiger partial charge in [0.2, 0.25) is 5.91 Å². The normalized spacial score (nSPS) is 30.9. The van der Waals surface area contributed by atoms with E-state index in [2.05, 4.69) is 34.1 Å². The van der Waals surface area contributed by atoms with Crippen molar-refractivity contribution in [3.8, 4) is 0 Å². The number of likely N-dealkylation sites (tertiary alicyclic amines) is 2. The molecule has 3 heterocycles. The quantitative estimate of drug-likeness (QED) is 0.801. The lowest BCUT2D eigenvalue weighted by Crippen LogP contribution is -2.45. The molecule has 5 rings (SSSR count). The second-order valence-electron chi connectivity index (χ2n) is 9.12. The molecule has 1 unspecified atom stereocenters. The van der Waals surface area contributed by atoms with E-state index in [1.165, 1.54) is 5.56 Å². The molecule has 5 heteroatoms. The largest absolute Gasteiger partial charge is 0.348 e. The predicted molar refractivity (Wildman–Crippen MR) is 107 cm³/mol. The number of nitrogens with zero attached hydrogens (tertiary/aromatic N) is 2. The van der Waals surface area contributed by atoms with Crippen molar-refractivity contribution >= 4 is 5.91 Å². The third kappa shape index (κ3) is 3.38. The van der Waals surface area contributed by atoms with Crippen molar-refractivity contribution in [3.63, 3.8) is 0 Å². The zero-order chi connectivity index (χ0) is 19.0. The zero-order valence-electron chi connectivity index (χ0n) is 16.8. The number of hydrogen-bond acceptors (Lipinski definition) is 4. The van der Waals surface area contributed by atoms with Gasteiger partial charge in [-0.1, -0.05) is 30.3 Å². The van der Waals surface area contributed by atoms with Gasteiger partial charge >= 0.3 is 0 Å². The van der Waals surface area contributed by atoms with Gasteiger partial charge in [0.15, 0.2) is 5.79 Å². The maximum atomic E-state index is 13.2. The number of hydrogen-bond donors (Lipinski definition) is 0. The number of amides is 1. The SMILES string of the molecule is O=C1N(CCc2ccccc2)CCC12CCN(C1CCC3(CC1)OCCO3)C2. The summed E-state index contributed by atoms with van der Waals surface area (Å²) >= 11 is 0. The summed E-state index contributed by atoms with van der Waals surface area (Å²) in [5, 5.41) is 0. The summed E-state index contributed by atoms with van der Waals surface area (Å²) in [5.41, 5.74) is 1.20. The van der Waals surface area contributed by atoms with E-state index in [1.54, 1.807) is 0 Å². The minimum absolute atomic E-state index is 0.119. The molecule has 152 valence electrons. The molecule has 0 bridgehead atoms. The van der Waals surface area contributed by atoms with Crippen molar-refractivity contribution in [2.45, 2.75) is 56.8 Å². The molecule has 1 aromatic carbocycles. The fourth-order valence-corrected chi connectivity index (χ4v) is 5.80. The summed E-state index contributed by atoms with van der Waals surface area (Å²) in [4.78, 5) is 18.0. The minimum atomic E-state index is -0.286. The van der Waals surface area contributed by atoms with Gasteiger partial charge in [-0.25, -0.2) is 0 Å². The molecule has 1 aliphatic carbocycles. The first-order chi connectivity index (χ1) is 13.7. The lowest BCUT2D eigenvalue weighted by Gasteiger charge is -2.39. The highest BCUT2D eigenvalue weighted by molar-refractivity contribution is 5.85. The Bertz CT molecular complexity index is 693. The molecule has 28 heavy (non-hydrogen) atoms. The predicted octanol–water partition coefficient (Wildman–Crippen LogP) is 2.84. The topological polar surface area (TPSA) is 42.0 Å². The maximum absolute atomic E-state index is 13.2. The Labute approximate surface area is 168 Å². The summed E-state index contributed by atoms with van der Waals surface area (Å²) < 4.78 is 11.8. The molecule has 1 aromatic rings. The van der Waals surface area contributed by atoms with E-state index in [0.717, 1.165) is 84.3 Å². The molecule has 1 saturated carbocycles. The Morgan fingerprint density at radius 2 is 1.68 bits per heavy atom. The monoisotopic (exact) mass is 384 g/mol. The maximum Gasteiger partial charge on any atom is 0.230 e. The average Bonchev–Trinajstić information content (AvgIpc) is 3.44. The molecule has 3 aliphatic heterocycles. The summed E-state index contributed by atoms with van der Waals surface area (Å²) in [6.45, 7) is 5.28. The van der Waals surface area contributed by atoms with Crippen molar-refractivity contribution in [2.24, 2.45) is 5.41 Å². The van der Waals surface area contributed by atoms with E-state index in [1.807, 2.05) is 6.07 Å². The Hall–Kier alpha value is -1.43. The first-order valence-electron chi connectivity index (χ1n) is 11.0. The first kappa shape index (κ1) is 18.6. The van der Waals surface area contributed by atoms with Crippen LogP contribution >= 0.6 is 0 Å². The Morgan fingerprint density at radius 3 is 2.43 bits per heavy atom.